The molecule has 2 aromatic rings. The van der Waals surface area contributed by atoms with Gasteiger partial charge in [-0.3, -0.25) is 0 Å². The highest BCUT2D eigenvalue weighted by molar-refractivity contribution is 7.99. The van der Waals surface area contributed by atoms with Crippen LogP contribution in [0.4, 0.5) is 0 Å². The number of methoxy groups -OCH3 is 1. The molecule has 1 aliphatic carbocycles. The van der Waals surface area contributed by atoms with Gasteiger partial charge in [-0.2, -0.15) is 0 Å². The summed E-state index contributed by atoms with van der Waals surface area (Å²) in [6.07, 6.45) is 6.31. The molecule has 0 radical (unpaired) electrons. The third-order valence-corrected chi connectivity index (χ3v) is 4.38. The van der Waals surface area contributed by atoms with Gasteiger partial charge in [-0.05, 0) is 31.9 Å². The minimum atomic E-state index is -0.451. The smallest absolute Gasteiger partial charge is 0.373 e. The second kappa shape index (κ2) is 5.36. The molecule has 6 heteroatoms. The highest BCUT2D eigenvalue weighted by atomic mass is 32.2. The number of imidazole rings is 1. The van der Waals surface area contributed by atoms with Gasteiger partial charge in [-0.15, -0.1) is 0 Å². The zero-order valence-electron chi connectivity index (χ0n) is 11.4. The first-order valence-corrected chi connectivity index (χ1v) is 7.44. The second-order valence-corrected chi connectivity index (χ2v) is 6.11. The molecule has 0 unspecified atom stereocenters. The van der Waals surface area contributed by atoms with Crippen LogP contribution in [0.3, 0.4) is 0 Å². The van der Waals surface area contributed by atoms with Crippen LogP contribution in [0.25, 0.3) is 0 Å². The number of esters is 1. The van der Waals surface area contributed by atoms with Gasteiger partial charge in [0, 0.05) is 18.4 Å². The van der Waals surface area contributed by atoms with Gasteiger partial charge in [0.2, 0.25) is 5.76 Å². The quantitative estimate of drug-likeness (QED) is 0.624. The molecule has 0 spiro atoms. The number of carbonyl (C=O) groups is 1. The molecule has 1 aliphatic rings. The van der Waals surface area contributed by atoms with Gasteiger partial charge in [-0.25, -0.2) is 9.78 Å². The van der Waals surface area contributed by atoms with Gasteiger partial charge in [0.1, 0.15) is 5.76 Å². The summed E-state index contributed by atoms with van der Waals surface area (Å²) in [5.74, 6) is 0.536. The molecular formula is C14H16N2O3S. The molecule has 0 aliphatic heterocycles. The van der Waals surface area contributed by atoms with Crippen molar-refractivity contribution >= 4 is 17.7 Å². The lowest BCUT2D eigenvalue weighted by Gasteiger charge is -2.10. The lowest BCUT2D eigenvalue weighted by atomic mass is 10.3. The number of aromatic nitrogens is 2. The van der Waals surface area contributed by atoms with E-state index in [0.717, 1.165) is 10.9 Å². The Morgan fingerprint density at radius 3 is 3.05 bits per heavy atom. The van der Waals surface area contributed by atoms with E-state index < -0.39 is 5.97 Å². The highest BCUT2D eigenvalue weighted by Gasteiger charge is 2.27. The van der Waals surface area contributed by atoms with Crippen LogP contribution in [0.15, 0.2) is 34.1 Å². The van der Waals surface area contributed by atoms with Crippen LogP contribution in [-0.4, -0.2) is 22.6 Å². The predicted octanol–water partition coefficient (Wildman–Crippen LogP) is 3.45. The summed E-state index contributed by atoms with van der Waals surface area (Å²) in [6, 6.07) is 4.06. The molecule has 106 valence electrons. The lowest BCUT2D eigenvalue weighted by molar-refractivity contribution is 0.0563. The average molecular weight is 292 g/mol. The van der Waals surface area contributed by atoms with Crippen LogP contribution in [0.5, 0.6) is 0 Å². The largest absolute Gasteiger partial charge is 0.463 e. The van der Waals surface area contributed by atoms with Crippen molar-refractivity contribution in [3.05, 3.63) is 36.0 Å². The average Bonchev–Trinajstić information content (AvgIpc) is 3.00. The van der Waals surface area contributed by atoms with Crippen molar-refractivity contribution in [3.8, 4) is 0 Å². The Morgan fingerprint density at radius 1 is 1.55 bits per heavy atom. The van der Waals surface area contributed by atoms with E-state index in [1.165, 1.54) is 20.0 Å². The van der Waals surface area contributed by atoms with E-state index >= 15 is 0 Å². The number of thioether (sulfide) groups is 1. The molecule has 3 rings (SSSR count). The summed E-state index contributed by atoms with van der Waals surface area (Å²) in [5, 5.41) is 1.09. The van der Waals surface area contributed by atoms with E-state index in [1.54, 1.807) is 17.8 Å². The number of ether oxygens (including phenoxy) is 1. The molecule has 0 amide bonds. The fourth-order valence-corrected chi connectivity index (χ4v) is 3.03. The van der Waals surface area contributed by atoms with Crippen LogP contribution < -0.4 is 0 Å². The summed E-state index contributed by atoms with van der Waals surface area (Å²) in [7, 11) is 1.34. The number of rotatable bonds is 5. The first-order valence-electron chi connectivity index (χ1n) is 6.56. The summed E-state index contributed by atoms with van der Waals surface area (Å²) >= 11 is 1.64. The maximum Gasteiger partial charge on any atom is 0.373 e. The van der Waals surface area contributed by atoms with E-state index in [9.17, 15) is 4.79 Å². The monoisotopic (exact) mass is 292 g/mol. The topological polar surface area (TPSA) is 57.3 Å². The van der Waals surface area contributed by atoms with E-state index in [2.05, 4.69) is 14.3 Å². The van der Waals surface area contributed by atoms with Crippen LogP contribution in [0.2, 0.25) is 0 Å². The number of hydrogen-bond acceptors (Lipinski definition) is 5. The van der Waals surface area contributed by atoms with Crippen LogP contribution in [0, 0.1) is 0 Å². The number of hydrogen-bond donors (Lipinski definition) is 0. The van der Waals surface area contributed by atoms with Crippen molar-refractivity contribution in [2.24, 2.45) is 0 Å². The van der Waals surface area contributed by atoms with Gasteiger partial charge in [0.05, 0.1) is 12.4 Å². The Labute approximate surface area is 121 Å². The molecule has 2 aromatic heterocycles. The van der Waals surface area contributed by atoms with Crippen molar-refractivity contribution in [2.75, 3.05) is 7.11 Å². The van der Waals surface area contributed by atoms with Gasteiger partial charge in [0.15, 0.2) is 5.16 Å². The minimum Gasteiger partial charge on any atom is -0.463 e. The van der Waals surface area contributed by atoms with E-state index in [-0.39, 0.29) is 11.0 Å². The standard InChI is InChI=1S/C14H16N2O3S/c1-9(11-5-6-12(19-11)13(17)18-2)20-14-15-7-8-16(14)10-3-4-10/h5-10H,3-4H2,1-2H3/t9-/m0/s1. The number of carbonyl (C=O) groups excluding carboxylic acids is 1. The maximum atomic E-state index is 11.4. The molecule has 1 fully saturated rings. The molecular weight excluding hydrogens is 276 g/mol. The van der Waals surface area contributed by atoms with Crippen LogP contribution >= 0.6 is 11.8 Å². The number of nitrogens with zero attached hydrogens (tertiary/aromatic N) is 2. The molecule has 0 N–H and O–H groups in total. The maximum absolute atomic E-state index is 11.4. The third kappa shape index (κ3) is 2.60. The Morgan fingerprint density at radius 2 is 2.35 bits per heavy atom. The van der Waals surface area contributed by atoms with Crippen molar-refractivity contribution < 1.29 is 13.9 Å². The molecule has 2 heterocycles. The first-order chi connectivity index (χ1) is 9.69. The van der Waals surface area contributed by atoms with Gasteiger partial charge < -0.3 is 13.7 Å². The SMILES string of the molecule is COC(=O)c1ccc([C@H](C)Sc2nccn2C2CC2)o1. The summed E-state index contributed by atoms with van der Waals surface area (Å²) in [4.78, 5) is 15.8. The highest BCUT2D eigenvalue weighted by Crippen LogP contribution is 2.41. The third-order valence-electron chi connectivity index (χ3n) is 3.27. The van der Waals surface area contributed by atoms with Gasteiger partial charge in [-0.1, -0.05) is 11.8 Å². The predicted molar refractivity (Wildman–Crippen MR) is 74.8 cm³/mol. The van der Waals surface area contributed by atoms with Crippen LogP contribution in [0.1, 0.15) is 47.4 Å². The minimum absolute atomic E-state index is 0.0910. The van der Waals surface area contributed by atoms with Gasteiger partial charge in [0.25, 0.3) is 0 Å². The molecule has 1 saturated carbocycles. The molecule has 0 aromatic carbocycles. The normalized spacial score (nSPS) is 16.1. The zero-order valence-corrected chi connectivity index (χ0v) is 12.2. The van der Waals surface area contributed by atoms with Crippen molar-refractivity contribution in [2.45, 2.75) is 36.2 Å². The van der Waals surface area contributed by atoms with Gasteiger partial charge >= 0.3 is 5.97 Å². The summed E-state index contributed by atoms with van der Waals surface area (Å²) in [6.45, 7) is 2.04. The van der Waals surface area contributed by atoms with E-state index in [4.69, 9.17) is 4.42 Å². The molecule has 5 nitrogen and oxygen atoms in total. The summed E-state index contributed by atoms with van der Waals surface area (Å²) in [5.41, 5.74) is 0. The van der Waals surface area contributed by atoms with Crippen LogP contribution in [-0.2, 0) is 4.74 Å². The zero-order chi connectivity index (χ0) is 14.1. The lowest BCUT2D eigenvalue weighted by Crippen LogP contribution is -1.99. The van der Waals surface area contributed by atoms with Crippen molar-refractivity contribution in [1.29, 1.82) is 0 Å². The van der Waals surface area contributed by atoms with E-state index in [0.29, 0.717) is 6.04 Å². The van der Waals surface area contributed by atoms with Crippen molar-refractivity contribution in [1.82, 2.24) is 9.55 Å². The molecule has 0 bridgehead atoms. The summed E-state index contributed by atoms with van der Waals surface area (Å²) < 4.78 is 12.4. The Balaban J connectivity index is 1.72. The number of furan rings is 1. The first kappa shape index (κ1) is 13.3. The van der Waals surface area contributed by atoms with E-state index in [1.807, 2.05) is 25.4 Å². The van der Waals surface area contributed by atoms with Crippen molar-refractivity contribution in [3.63, 3.8) is 0 Å². The Hall–Kier alpha value is -1.69. The molecule has 0 saturated heterocycles. The Kier molecular flexibility index (Phi) is 3.56. The molecule has 20 heavy (non-hydrogen) atoms. The Bertz CT molecular complexity index is 615. The molecule has 1 atom stereocenters. The fraction of sp³-hybridized carbons (Fsp3) is 0.429. The second-order valence-electron chi connectivity index (χ2n) is 4.80. The fourth-order valence-electron chi connectivity index (χ4n) is 2.02.